The van der Waals surface area contributed by atoms with Gasteiger partial charge in [-0.1, -0.05) is 24.4 Å². The van der Waals surface area contributed by atoms with Crippen LogP contribution in [0.5, 0.6) is 5.75 Å². The molecule has 1 aromatic carbocycles. The van der Waals surface area contributed by atoms with Gasteiger partial charge in [0.1, 0.15) is 0 Å². The van der Waals surface area contributed by atoms with Crippen molar-refractivity contribution in [1.29, 1.82) is 0 Å². The number of phenolic OH excluding ortho intramolecular Hbond substituents is 1. The molecule has 0 aromatic heterocycles. The molecular formula is C12H15ClFNO. The van der Waals surface area contributed by atoms with E-state index in [2.05, 4.69) is 0 Å². The summed E-state index contributed by atoms with van der Waals surface area (Å²) >= 11 is 5.97. The molecule has 88 valence electrons. The molecule has 0 amide bonds. The first-order valence-electron chi connectivity index (χ1n) is 5.53. The van der Waals surface area contributed by atoms with Gasteiger partial charge in [-0.2, -0.15) is 0 Å². The lowest BCUT2D eigenvalue weighted by molar-refractivity contribution is 0.392. The largest absolute Gasteiger partial charge is 0.505 e. The smallest absolute Gasteiger partial charge is 0.165 e. The highest BCUT2D eigenvalue weighted by molar-refractivity contribution is 6.31. The minimum Gasteiger partial charge on any atom is -0.505 e. The van der Waals surface area contributed by atoms with E-state index in [1.807, 2.05) is 0 Å². The number of hydrogen-bond acceptors (Lipinski definition) is 2. The van der Waals surface area contributed by atoms with E-state index in [0.29, 0.717) is 16.5 Å². The molecule has 4 heteroatoms. The van der Waals surface area contributed by atoms with Crippen molar-refractivity contribution in [1.82, 2.24) is 0 Å². The topological polar surface area (TPSA) is 46.2 Å². The predicted octanol–water partition coefficient (Wildman–Crippen LogP) is 3.37. The second kappa shape index (κ2) is 4.60. The molecule has 1 aliphatic rings. The molecule has 1 atom stereocenters. The molecule has 0 heterocycles. The lowest BCUT2D eigenvalue weighted by atomic mass is 9.92. The Labute approximate surface area is 99.2 Å². The summed E-state index contributed by atoms with van der Waals surface area (Å²) in [6.45, 7) is 0. The average molecular weight is 244 g/mol. The van der Waals surface area contributed by atoms with E-state index in [1.54, 1.807) is 0 Å². The van der Waals surface area contributed by atoms with Crippen molar-refractivity contribution >= 4 is 11.6 Å². The molecule has 1 aromatic rings. The molecular weight excluding hydrogens is 229 g/mol. The third kappa shape index (κ3) is 2.02. The summed E-state index contributed by atoms with van der Waals surface area (Å²) < 4.78 is 13.2. The molecule has 3 N–H and O–H groups in total. The molecule has 1 aliphatic carbocycles. The standard InChI is InChI=1S/C12H15ClFNO/c13-8-5-6-9(14)12(16)10(8)11(15)7-3-1-2-4-7/h5-7,11,16H,1-4,15H2/t11-/m0/s1. The summed E-state index contributed by atoms with van der Waals surface area (Å²) in [5, 5.41) is 10.0. The molecule has 0 spiro atoms. The van der Waals surface area contributed by atoms with E-state index >= 15 is 0 Å². The van der Waals surface area contributed by atoms with Gasteiger partial charge in [-0.3, -0.25) is 0 Å². The van der Waals surface area contributed by atoms with E-state index < -0.39 is 11.6 Å². The van der Waals surface area contributed by atoms with E-state index in [0.717, 1.165) is 31.7 Å². The Morgan fingerprint density at radius 2 is 2.00 bits per heavy atom. The monoisotopic (exact) mass is 243 g/mol. The van der Waals surface area contributed by atoms with Crippen molar-refractivity contribution in [2.45, 2.75) is 31.7 Å². The zero-order chi connectivity index (χ0) is 11.7. The van der Waals surface area contributed by atoms with Gasteiger partial charge in [-0.25, -0.2) is 4.39 Å². The summed E-state index contributed by atoms with van der Waals surface area (Å²) in [7, 11) is 0. The minimum absolute atomic E-state index is 0.296. The number of phenols is 1. The highest BCUT2D eigenvalue weighted by Gasteiger charge is 2.27. The van der Waals surface area contributed by atoms with Crippen molar-refractivity contribution in [3.8, 4) is 5.75 Å². The normalized spacial score (nSPS) is 18.9. The van der Waals surface area contributed by atoms with Gasteiger partial charge in [0, 0.05) is 16.6 Å². The molecule has 0 unspecified atom stereocenters. The van der Waals surface area contributed by atoms with Gasteiger partial charge in [-0.15, -0.1) is 0 Å². The van der Waals surface area contributed by atoms with E-state index in [-0.39, 0.29) is 6.04 Å². The Morgan fingerprint density at radius 1 is 1.38 bits per heavy atom. The fourth-order valence-corrected chi connectivity index (χ4v) is 2.70. The Bertz CT molecular complexity index is 391. The summed E-state index contributed by atoms with van der Waals surface area (Å²) in [4.78, 5) is 0. The van der Waals surface area contributed by atoms with Crippen LogP contribution in [0.2, 0.25) is 5.02 Å². The summed E-state index contributed by atoms with van der Waals surface area (Å²) in [5.41, 5.74) is 6.41. The van der Waals surface area contributed by atoms with Crippen LogP contribution in [0, 0.1) is 11.7 Å². The van der Waals surface area contributed by atoms with Gasteiger partial charge < -0.3 is 10.8 Å². The summed E-state index contributed by atoms with van der Waals surface area (Å²) in [6, 6.07) is 2.23. The first kappa shape index (κ1) is 11.7. The number of aromatic hydroxyl groups is 1. The van der Waals surface area contributed by atoms with Crippen molar-refractivity contribution in [3.05, 3.63) is 28.5 Å². The Balaban J connectivity index is 2.34. The van der Waals surface area contributed by atoms with Crippen molar-refractivity contribution in [2.24, 2.45) is 11.7 Å². The lowest BCUT2D eigenvalue weighted by Crippen LogP contribution is -2.20. The van der Waals surface area contributed by atoms with E-state index in [1.165, 1.54) is 6.07 Å². The van der Waals surface area contributed by atoms with Crippen LogP contribution in [0.4, 0.5) is 4.39 Å². The van der Waals surface area contributed by atoms with Crippen LogP contribution in [0.15, 0.2) is 12.1 Å². The molecule has 0 bridgehead atoms. The molecule has 16 heavy (non-hydrogen) atoms. The van der Waals surface area contributed by atoms with Gasteiger partial charge >= 0.3 is 0 Å². The predicted molar refractivity (Wildman–Crippen MR) is 62.0 cm³/mol. The molecule has 0 radical (unpaired) electrons. The van der Waals surface area contributed by atoms with Crippen molar-refractivity contribution in [3.63, 3.8) is 0 Å². The van der Waals surface area contributed by atoms with Gasteiger partial charge in [0.15, 0.2) is 11.6 Å². The molecule has 1 saturated carbocycles. The molecule has 0 aliphatic heterocycles. The number of hydrogen-bond donors (Lipinski definition) is 2. The first-order valence-corrected chi connectivity index (χ1v) is 5.91. The van der Waals surface area contributed by atoms with Crippen LogP contribution in [-0.2, 0) is 0 Å². The second-order valence-electron chi connectivity index (χ2n) is 4.36. The first-order chi connectivity index (χ1) is 7.61. The van der Waals surface area contributed by atoms with Crippen LogP contribution in [0.3, 0.4) is 0 Å². The number of rotatable bonds is 2. The minimum atomic E-state index is -0.659. The Hall–Kier alpha value is -0.800. The lowest BCUT2D eigenvalue weighted by Gasteiger charge is -2.21. The van der Waals surface area contributed by atoms with Crippen molar-refractivity contribution < 1.29 is 9.50 Å². The number of halogens is 2. The molecule has 0 saturated heterocycles. The third-order valence-corrected chi connectivity index (χ3v) is 3.69. The quantitative estimate of drug-likeness (QED) is 0.837. The van der Waals surface area contributed by atoms with Crippen LogP contribution in [-0.4, -0.2) is 5.11 Å². The van der Waals surface area contributed by atoms with Crippen LogP contribution in [0.1, 0.15) is 37.3 Å². The average Bonchev–Trinajstić information content (AvgIpc) is 2.77. The Morgan fingerprint density at radius 3 is 2.62 bits per heavy atom. The van der Waals surface area contributed by atoms with E-state index in [9.17, 15) is 9.50 Å². The fourth-order valence-electron chi connectivity index (χ4n) is 2.43. The van der Waals surface area contributed by atoms with Gasteiger partial charge in [0.25, 0.3) is 0 Å². The van der Waals surface area contributed by atoms with Crippen LogP contribution >= 0.6 is 11.6 Å². The molecule has 1 fully saturated rings. The van der Waals surface area contributed by atoms with Crippen LogP contribution in [0.25, 0.3) is 0 Å². The molecule has 2 nitrogen and oxygen atoms in total. The zero-order valence-corrected chi connectivity index (χ0v) is 9.67. The van der Waals surface area contributed by atoms with Crippen molar-refractivity contribution in [2.75, 3.05) is 0 Å². The van der Waals surface area contributed by atoms with Gasteiger partial charge in [-0.05, 0) is 30.9 Å². The van der Waals surface area contributed by atoms with Gasteiger partial charge in [0.2, 0.25) is 0 Å². The number of nitrogens with two attached hydrogens (primary N) is 1. The maximum atomic E-state index is 13.2. The summed E-state index contributed by atoms with van der Waals surface area (Å²) in [6.07, 6.45) is 4.33. The van der Waals surface area contributed by atoms with E-state index in [4.69, 9.17) is 17.3 Å². The zero-order valence-electron chi connectivity index (χ0n) is 8.92. The third-order valence-electron chi connectivity index (χ3n) is 3.36. The SMILES string of the molecule is N[C@H](c1c(Cl)ccc(F)c1O)C1CCCC1. The van der Waals surface area contributed by atoms with Crippen LogP contribution < -0.4 is 5.73 Å². The maximum Gasteiger partial charge on any atom is 0.165 e. The second-order valence-corrected chi connectivity index (χ2v) is 4.77. The highest BCUT2D eigenvalue weighted by atomic mass is 35.5. The summed E-state index contributed by atoms with van der Waals surface area (Å²) in [5.74, 6) is -0.759. The molecule has 2 rings (SSSR count). The van der Waals surface area contributed by atoms with Gasteiger partial charge in [0.05, 0.1) is 0 Å². The Kier molecular flexibility index (Phi) is 3.36. The highest BCUT2D eigenvalue weighted by Crippen LogP contribution is 2.41. The maximum absolute atomic E-state index is 13.2. The fraction of sp³-hybridized carbons (Fsp3) is 0.500. The number of benzene rings is 1.